The molecule has 8 amide bonds. The zero-order valence-corrected chi connectivity index (χ0v) is 45.6. The summed E-state index contributed by atoms with van der Waals surface area (Å²) in [7, 11) is 2.95. The number of hydrogen-bond acceptors (Lipinski definition) is 17. The van der Waals surface area contributed by atoms with E-state index in [2.05, 4.69) is 31.1 Å². The van der Waals surface area contributed by atoms with Crippen LogP contribution in [0.15, 0.2) is 48.6 Å². The van der Waals surface area contributed by atoms with Gasteiger partial charge in [0.05, 0.1) is 47.9 Å². The van der Waals surface area contributed by atoms with Gasteiger partial charge in [0, 0.05) is 76.0 Å². The van der Waals surface area contributed by atoms with Crippen LogP contribution in [0.3, 0.4) is 0 Å². The number of nitrogens with zero attached hydrogens (tertiary/aromatic N) is 10. The number of aryl methyl sites for hydroxylation is 4. The largest absolute Gasteiger partial charge is 0.494 e. The smallest absolute Gasteiger partial charge is 0.321 e. The fraction of sp³-hybridized carbons (Fsp3) is 0.392. The third-order valence-electron chi connectivity index (χ3n) is 12.8. The number of methoxy groups -OCH3 is 1. The van der Waals surface area contributed by atoms with Gasteiger partial charge in [0.2, 0.25) is 47.3 Å². The van der Waals surface area contributed by atoms with Gasteiger partial charge in [-0.2, -0.15) is 10.2 Å². The van der Waals surface area contributed by atoms with Gasteiger partial charge < -0.3 is 51.1 Å². The number of fused-ring (bicyclic) bond motifs is 2. The van der Waals surface area contributed by atoms with Gasteiger partial charge in [-0.3, -0.25) is 68.0 Å². The van der Waals surface area contributed by atoms with E-state index in [1.54, 1.807) is 56.6 Å². The first-order valence-corrected chi connectivity index (χ1v) is 26.3. The lowest BCUT2D eigenvalue weighted by Gasteiger charge is -2.18. The van der Waals surface area contributed by atoms with Crippen LogP contribution in [0.2, 0.25) is 0 Å². The molecule has 0 saturated carbocycles. The number of nitrogens with one attached hydrogen (secondary N) is 3. The highest BCUT2D eigenvalue weighted by Crippen LogP contribution is 2.33. The molecule has 1 aliphatic rings. The quantitative estimate of drug-likeness (QED) is 0.0218. The van der Waals surface area contributed by atoms with Crippen molar-refractivity contribution in [3.63, 3.8) is 0 Å². The van der Waals surface area contributed by atoms with Crippen molar-refractivity contribution < 1.29 is 57.7 Å². The Hall–Kier alpha value is -9.12. The number of likely N-dealkylation sites (tertiary alicyclic amines) is 1. The number of aromatic nitrogens is 8. The zero-order chi connectivity index (χ0) is 58.1. The van der Waals surface area contributed by atoms with Crippen molar-refractivity contribution in [3.05, 3.63) is 82.5 Å². The SMILES string of the molecule is CCn1nc(C)cc1C(=O)Nc1nc2cc(C(N)=O)cc(OC)c2n1C/C=C/Cn1c(NC(=O)c2cc(C)nn2CC)nc2cc(C(N)=O)cc(OCCCN(C)C(=O)CNC(=O)CCN3C(=O)CC(SC[C@H](N)C(=O)O)C3=O)c21. The molecule has 2 aromatic carbocycles. The summed E-state index contributed by atoms with van der Waals surface area (Å²) >= 11 is 0.964. The molecule has 4 aromatic heterocycles. The predicted octanol–water partition coefficient (Wildman–Crippen LogP) is 1.41. The number of imide groups is 1. The average molecular weight is 1120 g/mol. The van der Waals surface area contributed by atoms with E-state index in [0.29, 0.717) is 46.7 Å². The van der Waals surface area contributed by atoms with Crippen LogP contribution >= 0.6 is 11.8 Å². The van der Waals surface area contributed by atoms with Crippen molar-refractivity contribution >= 4 is 99.0 Å². The normalized spacial score (nSPS) is 13.8. The molecule has 0 radical (unpaired) electrons. The first kappa shape index (κ1) is 58.6. The number of allylic oxidation sites excluding steroid dienone is 2. The van der Waals surface area contributed by atoms with Gasteiger partial charge >= 0.3 is 5.97 Å². The van der Waals surface area contributed by atoms with E-state index >= 15 is 0 Å². The Kier molecular flexibility index (Phi) is 18.7. The average Bonchev–Trinajstić information content (AvgIpc) is 4.24. The third kappa shape index (κ3) is 13.4. The van der Waals surface area contributed by atoms with Crippen molar-refractivity contribution in [2.45, 2.75) is 84.4 Å². The second-order valence-corrected chi connectivity index (χ2v) is 19.7. The number of primary amides is 2. The fourth-order valence-electron chi connectivity index (χ4n) is 8.71. The van der Waals surface area contributed by atoms with Gasteiger partial charge in [-0.05, 0) is 70.5 Å². The molecule has 0 spiro atoms. The molecule has 6 aromatic rings. The summed E-state index contributed by atoms with van der Waals surface area (Å²) in [5, 5.41) is 25.3. The number of thioether (sulfide) groups is 1. The number of likely N-dealkylation sites (N-methyl/N-ethyl adjacent to an activating group) is 1. The van der Waals surface area contributed by atoms with Crippen LogP contribution in [-0.4, -0.2) is 164 Å². The van der Waals surface area contributed by atoms with E-state index in [9.17, 15) is 43.2 Å². The van der Waals surface area contributed by atoms with Crippen molar-refractivity contribution in [3.8, 4) is 11.5 Å². The number of rotatable bonds is 27. The van der Waals surface area contributed by atoms with Crippen LogP contribution in [0.25, 0.3) is 22.1 Å². The number of ether oxygens (including phenoxy) is 2. The molecule has 0 bridgehead atoms. The Morgan fingerprint density at radius 3 is 1.85 bits per heavy atom. The number of benzene rings is 2. The van der Waals surface area contributed by atoms with E-state index in [-0.39, 0.29) is 110 Å². The molecule has 1 saturated heterocycles. The van der Waals surface area contributed by atoms with E-state index < -0.39 is 64.5 Å². The highest BCUT2D eigenvalue weighted by molar-refractivity contribution is 8.00. The molecule has 7 rings (SSSR count). The third-order valence-corrected chi connectivity index (χ3v) is 14.1. The Labute approximate surface area is 461 Å². The van der Waals surface area contributed by atoms with Crippen LogP contribution in [0.5, 0.6) is 11.5 Å². The number of hydrogen-bond donors (Lipinski definition) is 7. The van der Waals surface area contributed by atoms with Crippen molar-refractivity contribution in [1.82, 2.24) is 53.8 Å². The minimum absolute atomic E-state index is 0.00149. The molecule has 1 unspecified atom stereocenters. The molecule has 5 heterocycles. The van der Waals surface area contributed by atoms with Crippen molar-refractivity contribution in [2.24, 2.45) is 17.2 Å². The first-order chi connectivity index (χ1) is 38.1. The molecular weight excluding hydrogens is 1060 g/mol. The second-order valence-electron chi connectivity index (χ2n) is 18.5. The van der Waals surface area contributed by atoms with Gasteiger partial charge in [-0.25, -0.2) is 9.97 Å². The number of carbonyl (C=O) groups excluding carboxylic acids is 8. The number of aliphatic carboxylic acids is 1. The highest BCUT2D eigenvalue weighted by atomic mass is 32.2. The van der Waals surface area contributed by atoms with Gasteiger partial charge in [0.25, 0.3) is 11.8 Å². The lowest BCUT2D eigenvalue weighted by atomic mass is 10.1. The number of nitrogens with two attached hydrogens (primary N) is 3. The van der Waals surface area contributed by atoms with Gasteiger partial charge in [-0.1, -0.05) is 12.2 Å². The minimum atomic E-state index is -1.23. The van der Waals surface area contributed by atoms with Crippen molar-refractivity contribution in [2.75, 3.05) is 56.8 Å². The van der Waals surface area contributed by atoms with Crippen LogP contribution in [0, 0.1) is 13.8 Å². The summed E-state index contributed by atoms with van der Waals surface area (Å²) < 4.78 is 18.5. The van der Waals surface area contributed by atoms with Gasteiger partial charge in [0.15, 0.2) is 0 Å². The van der Waals surface area contributed by atoms with Gasteiger partial charge in [-0.15, -0.1) is 11.8 Å². The number of carbonyl (C=O) groups is 9. The summed E-state index contributed by atoms with van der Waals surface area (Å²) in [5.41, 5.74) is 20.3. The topological polar surface area (TPSA) is 384 Å². The summed E-state index contributed by atoms with van der Waals surface area (Å²) in [6.07, 6.45) is 3.39. The molecule has 28 nitrogen and oxygen atoms in total. The summed E-state index contributed by atoms with van der Waals surface area (Å²) in [5.74, 6) is -5.29. The molecule has 2 atom stereocenters. The van der Waals surface area contributed by atoms with Crippen LogP contribution in [0.4, 0.5) is 11.9 Å². The maximum Gasteiger partial charge on any atom is 0.321 e. The molecule has 1 aliphatic heterocycles. The molecule has 1 fully saturated rings. The van der Waals surface area contributed by atoms with E-state index in [4.69, 9.17) is 36.8 Å². The second kappa shape index (κ2) is 25.6. The highest BCUT2D eigenvalue weighted by Gasteiger charge is 2.39. The van der Waals surface area contributed by atoms with E-state index in [1.165, 1.54) is 43.3 Å². The van der Waals surface area contributed by atoms with Crippen LogP contribution < -0.4 is 42.6 Å². The molecule has 0 aliphatic carbocycles. The summed E-state index contributed by atoms with van der Waals surface area (Å²) in [6, 6.07) is 7.95. The van der Waals surface area contributed by atoms with Crippen molar-refractivity contribution in [1.29, 1.82) is 0 Å². The summed E-state index contributed by atoms with van der Waals surface area (Å²) in [4.78, 5) is 127. The zero-order valence-electron chi connectivity index (χ0n) is 44.8. The van der Waals surface area contributed by atoms with Crippen LogP contribution in [0.1, 0.15) is 86.2 Å². The van der Waals surface area contributed by atoms with E-state index in [1.807, 2.05) is 13.8 Å². The minimum Gasteiger partial charge on any atom is -0.494 e. The number of carboxylic acid groups (broad SMARTS) is 1. The fourth-order valence-corrected chi connectivity index (χ4v) is 9.83. The Morgan fingerprint density at radius 2 is 1.35 bits per heavy atom. The Balaban J connectivity index is 1.09. The molecular formula is C51H62N16O12S. The molecule has 29 heteroatoms. The predicted molar refractivity (Wildman–Crippen MR) is 292 cm³/mol. The molecule has 424 valence electrons. The maximum absolute atomic E-state index is 14.0. The Bertz CT molecular complexity index is 3450. The number of amides is 8. The monoisotopic (exact) mass is 1120 g/mol. The van der Waals surface area contributed by atoms with E-state index in [0.717, 1.165) is 16.7 Å². The number of imidazole rings is 2. The van der Waals surface area contributed by atoms with Gasteiger partial charge in [0.1, 0.15) is 40.0 Å². The lowest BCUT2D eigenvalue weighted by molar-refractivity contribution is -0.140. The summed E-state index contributed by atoms with van der Waals surface area (Å²) in [6.45, 7) is 7.71. The lowest BCUT2D eigenvalue weighted by Crippen LogP contribution is -2.40. The molecule has 80 heavy (non-hydrogen) atoms. The standard InChI is InChI=1S/C51H62N16O12S/c1-7-66-34(18-27(3)60-66)46(73)58-50-56-32-20-29(44(53)71)22-36(78-6)42(32)64(50)14-9-10-15-65-43-33(57-51(65)59-47(74)35-19-28(4)61-67(35)8-2)21-30(45(54)72)23-37(43)79-17-11-13-62(5)41(70)25-55-39(68)12-16-63-40(69)24-38(48(63)75)80-26-31(52)49(76)77/h9-10,18-23,31,38H,7-8,11-17,24-26,52H2,1-6H3,(H2,53,71)(H2,54,72)(H,55,68)(H,76,77)(H,56,58,73)(H,57,59,74)/b10-9+/t31-,38?/m0/s1. The maximum atomic E-state index is 14.0. The van der Waals surface area contributed by atoms with Crippen LogP contribution in [-0.2, 0) is 50.2 Å². The number of anilines is 2. The first-order valence-electron chi connectivity index (χ1n) is 25.3. The number of carboxylic acids is 1. The Morgan fingerprint density at radius 1 is 0.825 bits per heavy atom. The molecule has 10 N–H and O–H groups in total.